The fraction of sp³-hybridized carbons (Fsp3) is 0. The number of furan rings is 1. The van der Waals surface area contributed by atoms with Crippen molar-refractivity contribution in [3.63, 3.8) is 0 Å². The van der Waals surface area contributed by atoms with E-state index in [-0.39, 0.29) is 11.6 Å². The molecule has 0 saturated carbocycles. The van der Waals surface area contributed by atoms with Crippen LogP contribution in [-0.2, 0) is 0 Å². The third-order valence-electron chi connectivity index (χ3n) is 4.47. The second-order valence-corrected chi connectivity index (χ2v) is 6.38. The molecule has 0 radical (unpaired) electrons. The van der Waals surface area contributed by atoms with E-state index in [1.165, 1.54) is 18.3 Å². The average Bonchev–Trinajstić information content (AvgIpc) is 3.38. The standard InChI is InChI=1S/C20H13N7O3/c28-27(29)13-7-5-12(6-8-13)17-10-9-14(30-17)11-21-25-20-23-19-18(24-26-20)15-3-1-2-4-16(15)22-19/h1-11H,(H2,22,23,25,26)/b21-11+. The Kier molecular flexibility index (Phi) is 4.14. The minimum absolute atomic E-state index is 0.0248. The number of rotatable bonds is 5. The molecule has 10 heteroatoms. The summed E-state index contributed by atoms with van der Waals surface area (Å²) in [6, 6.07) is 17.4. The van der Waals surface area contributed by atoms with Gasteiger partial charge in [-0.2, -0.15) is 10.1 Å². The van der Waals surface area contributed by atoms with Crippen LogP contribution in [0.2, 0.25) is 0 Å². The molecule has 5 aromatic rings. The molecule has 2 N–H and O–H groups in total. The number of nitro groups is 1. The van der Waals surface area contributed by atoms with Gasteiger partial charge in [0.15, 0.2) is 5.65 Å². The Labute approximate surface area is 168 Å². The fourth-order valence-electron chi connectivity index (χ4n) is 3.05. The highest BCUT2D eigenvalue weighted by atomic mass is 16.6. The molecule has 0 atom stereocenters. The highest BCUT2D eigenvalue weighted by Gasteiger charge is 2.09. The van der Waals surface area contributed by atoms with Crippen molar-refractivity contribution in [3.8, 4) is 11.3 Å². The van der Waals surface area contributed by atoms with Gasteiger partial charge < -0.3 is 9.40 Å². The molecule has 30 heavy (non-hydrogen) atoms. The summed E-state index contributed by atoms with van der Waals surface area (Å²) in [7, 11) is 0. The first-order chi connectivity index (χ1) is 14.7. The molecule has 10 nitrogen and oxygen atoms in total. The van der Waals surface area contributed by atoms with Crippen LogP contribution in [0.5, 0.6) is 0 Å². The number of aromatic nitrogens is 4. The lowest BCUT2D eigenvalue weighted by molar-refractivity contribution is -0.384. The van der Waals surface area contributed by atoms with E-state index in [9.17, 15) is 10.1 Å². The number of H-pyrrole nitrogens is 1. The van der Waals surface area contributed by atoms with Crippen LogP contribution in [0.15, 0.2) is 70.2 Å². The molecule has 0 fully saturated rings. The number of nitrogens with one attached hydrogen (secondary N) is 2. The molecule has 0 aliphatic carbocycles. The lowest BCUT2D eigenvalue weighted by atomic mass is 10.1. The molecule has 5 rings (SSSR count). The summed E-state index contributed by atoms with van der Waals surface area (Å²) in [6.45, 7) is 0. The maximum atomic E-state index is 10.7. The average molecular weight is 399 g/mol. The molecule has 0 aliphatic heterocycles. The predicted octanol–water partition coefficient (Wildman–Crippen LogP) is 4.12. The van der Waals surface area contributed by atoms with Crippen molar-refractivity contribution in [3.05, 3.63) is 76.5 Å². The minimum atomic E-state index is -0.445. The summed E-state index contributed by atoms with van der Waals surface area (Å²) < 4.78 is 5.70. The van der Waals surface area contributed by atoms with Crippen LogP contribution in [0.3, 0.4) is 0 Å². The number of hydrogen-bond donors (Lipinski definition) is 2. The van der Waals surface area contributed by atoms with Gasteiger partial charge in [-0.15, -0.1) is 10.2 Å². The van der Waals surface area contributed by atoms with Crippen LogP contribution >= 0.6 is 0 Å². The summed E-state index contributed by atoms with van der Waals surface area (Å²) in [4.78, 5) is 17.9. The maximum absolute atomic E-state index is 10.7. The number of hydrazone groups is 1. The van der Waals surface area contributed by atoms with E-state index in [1.54, 1.807) is 24.3 Å². The zero-order valence-electron chi connectivity index (χ0n) is 15.3. The van der Waals surface area contributed by atoms with Crippen LogP contribution in [0.4, 0.5) is 11.6 Å². The van der Waals surface area contributed by atoms with E-state index in [0.29, 0.717) is 22.7 Å². The van der Waals surface area contributed by atoms with E-state index in [0.717, 1.165) is 16.5 Å². The highest BCUT2D eigenvalue weighted by molar-refractivity contribution is 6.03. The number of fused-ring (bicyclic) bond motifs is 3. The number of hydrogen-bond acceptors (Lipinski definition) is 8. The van der Waals surface area contributed by atoms with E-state index in [4.69, 9.17) is 4.42 Å². The van der Waals surface area contributed by atoms with Crippen molar-refractivity contribution in [2.45, 2.75) is 0 Å². The zero-order chi connectivity index (χ0) is 20.5. The van der Waals surface area contributed by atoms with Gasteiger partial charge in [-0.1, -0.05) is 18.2 Å². The molecule has 0 aliphatic rings. The molecule has 0 amide bonds. The Bertz CT molecular complexity index is 1400. The molecule has 0 bridgehead atoms. The monoisotopic (exact) mass is 399 g/mol. The molecular weight excluding hydrogens is 386 g/mol. The lowest BCUT2D eigenvalue weighted by Gasteiger charge is -1.97. The smallest absolute Gasteiger partial charge is 0.269 e. The first kappa shape index (κ1) is 17.5. The normalized spacial score (nSPS) is 11.5. The van der Waals surface area contributed by atoms with Gasteiger partial charge in [-0.3, -0.25) is 10.1 Å². The molecule has 0 spiro atoms. The Morgan fingerprint density at radius 2 is 1.90 bits per heavy atom. The van der Waals surface area contributed by atoms with Crippen LogP contribution in [0.1, 0.15) is 5.76 Å². The summed E-state index contributed by atoms with van der Waals surface area (Å²) in [6.07, 6.45) is 1.48. The van der Waals surface area contributed by atoms with Crippen molar-refractivity contribution >= 4 is 39.9 Å². The molecule has 2 aromatic carbocycles. The van der Waals surface area contributed by atoms with Crippen molar-refractivity contribution in [2.24, 2.45) is 5.10 Å². The van der Waals surface area contributed by atoms with Gasteiger partial charge in [-0.05, 0) is 30.3 Å². The van der Waals surface area contributed by atoms with E-state index in [2.05, 4.69) is 30.7 Å². The Balaban J connectivity index is 1.31. The number of nitrogens with zero attached hydrogens (tertiary/aromatic N) is 5. The van der Waals surface area contributed by atoms with Crippen molar-refractivity contribution in [2.75, 3.05) is 5.43 Å². The summed E-state index contributed by atoms with van der Waals surface area (Å²) in [5, 5.41) is 24.0. The number of nitro benzene ring substituents is 1. The maximum Gasteiger partial charge on any atom is 0.269 e. The van der Waals surface area contributed by atoms with Crippen LogP contribution in [-0.4, -0.2) is 31.3 Å². The summed E-state index contributed by atoms with van der Waals surface area (Å²) in [5.74, 6) is 1.31. The van der Waals surface area contributed by atoms with Crippen molar-refractivity contribution in [1.29, 1.82) is 0 Å². The van der Waals surface area contributed by atoms with Crippen LogP contribution in [0, 0.1) is 10.1 Å². The number of aromatic amines is 1. The molecule has 0 saturated heterocycles. The largest absolute Gasteiger partial charge is 0.455 e. The van der Waals surface area contributed by atoms with Crippen LogP contribution in [0.25, 0.3) is 33.4 Å². The second kappa shape index (κ2) is 7.09. The SMILES string of the molecule is O=[N+]([O-])c1ccc(-c2ccc(/C=N/Nc3nnc4c(n3)[nH]c3ccccc34)o2)cc1. The quantitative estimate of drug-likeness (QED) is 0.258. The fourth-order valence-corrected chi connectivity index (χ4v) is 3.05. The molecule has 0 unspecified atom stereocenters. The minimum Gasteiger partial charge on any atom is -0.455 e. The number of para-hydroxylation sites is 1. The van der Waals surface area contributed by atoms with Gasteiger partial charge >= 0.3 is 0 Å². The van der Waals surface area contributed by atoms with Crippen molar-refractivity contribution < 1.29 is 9.34 Å². The molecular formula is C20H13N7O3. The zero-order valence-corrected chi connectivity index (χ0v) is 15.3. The molecule has 3 aromatic heterocycles. The molecule has 146 valence electrons. The van der Waals surface area contributed by atoms with E-state index in [1.807, 2.05) is 24.3 Å². The third-order valence-corrected chi connectivity index (χ3v) is 4.47. The molecule has 3 heterocycles. The predicted molar refractivity (Wildman–Crippen MR) is 111 cm³/mol. The summed E-state index contributed by atoms with van der Waals surface area (Å²) >= 11 is 0. The van der Waals surface area contributed by atoms with Gasteiger partial charge in [0.1, 0.15) is 17.0 Å². The number of anilines is 1. The van der Waals surface area contributed by atoms with E-state index < -0.39 is 4.92 Å². The topological polar surface area (TPSA) is 135 Å². The Hall–Kier alpha value is -4.60. The van der Waals surface area contributed by atoms with Crippen LogP contribution < -0.4 is 5.43 Å². The van der Waals surface area contributed by atoms with Gasteiger partial charge in [0.25, 0.3) is 11.6 Å². The lowest BCUT2D eigenvalue weighted by Crippen LogP contribution is -1.98. The van der Waals surface area contributed by atoms with Gasteiger partial charge in [0, 0.05) is 28.6 Å². The first-order valence-corrected chi connectivity index (χ1v) is 8.92. The highest BCUT2D eigenvalue weighted by Crippen LogP contribution is 2.24. The van der Waals surface area contributed by atoms with Gasteiger partial charge in [0.05, 0.1) is 11.1 Å². The third kappa shape index (κ3) is 3.22. The number of non-ortho nitro benzene ring substituents is 1. The number of benzene rings is 2. The van der Waals surface area contributed by atoms with E-state index >= 15 is 0 Å². The second-order valence-electron chi connectivity index (χ2n) is 6.38. The van der Waals surface area contributed by atoms with Gasteiger partial charge in [-0.25, -0.2) is 5.43 Å². The Morgan fingerprint density at radius 1 is 1.07 bits per heavy atom. The summed E-state index contributed by atoms with van der Waals surface area (Å²) in [5.41, 5.74) is 5.72. The van der Waals surface area contributed by atoms with Gasteiger partial charge in [0.2, 0.25) is 0 Å². The first-order valence-electron chi connectivity index (χ1n) is 8.92. The Morgan fingerprint density at radius 3 is 2.73 bits per heavy atom. The van der Waals surface area contributed by atoms with Crippen molar-refractivity contribution in [1.82, 2.24) is 20.2 Å².